The molecule has 1 aromatic heterocycles. The van der Waals surface area contributed by atoms with Crippen molar-refractivity contribution in [2.45, 2.75) is 58.0 Å². The van der Waals surface area contributed by atoms with Crippen molar-refractivity contribution in [3.05, 3.63) is 53.2 Å². The van der Waals surface area contributed by atoms with E-state index in [2.05, 4.69) is 36.1 Å². The van der Waals surface area contributed by atoms with Crippen LogP contribution >= 0.6 is 0 Å². The van der Waals surface area contributed by atoms with Gasteiger partial charge in [-0.1, -0.05) is 37.6 Å². The summed E-state index contributed by atoms with van der Waals surface area (Å²) in [5, 5.41) is 10.1. The molecule has 27 heavy (non-hydrogen) atoms. The van der Waals surface area contributed by atoms with E-state index in [1.54, 1.807) is 12.1 Å². The SMILES string of the molecule is CCCc1ccc(CCc2cc(O)cc(N(C)CC3CCCCO3)n2)cc1. The monoisotopic (exact) mass is 368 g/mol. The van der Waals surface area contributed by atoms with Crippen molar-refractivity contribution in [2.24, 2.45) is 0 Å². The van der Waals surface area contributed by atoms with E-state index in [0.29, 0.717) is 0 Å². The molecule has 0 radical (unpaired) electrons. The van der Waals surface area contributed by atoms with Crippen molar-refractivity contribution in [2.75, 3.05) is 25.1 Å². The Morgan fingerprint density at radius 3 is 2.48 bits per heavy atom. The van der Waals surface area contributed by atoms with Crippen LogP contribution < -0.4 is 4.90 Å². The lowest BCUT2D eigenvalue weighted by Crippen LogP contribution is -2.33. The number of pyridine rings is 1. The fraction of sp³-hybridized carbons (Fsp3) is 0.522. The van der Waals surface area contributed by atoms with Crippen LogP contribution in [0.2, 0.25) is 0 Å². The van der Waals surface area contributed by atoms with Crippen LogP contribution in [0.5, 0.6) is 5.75 Å². The van der Waals surface area contributed by atoms with E-state index in [9.17, 15) is 5.11 Å². The van der Waals surface area contributed by atoms with E-state index in [-0.39, 0.29) is 11.9 Å². The van der Waals surface area contributed by atoms with Gasteiger partial charge in [0.2, 0.25) is 0 Å². The number of hydrogen-bond acceptors (Lipinski definition) is 4. The van der Waals surface area contributed by atoms with Gasteiger partial charge in [0, 0.05) is 38.0 Å². The second-order valence-electron chi connectivity index (χ2n) is 7.61. The number of aromatic nitrogens is 1. The molecule has 1 unspecified atom stereocenters. The molecular formula is C23H32N2O2. The summed E-state index contributed by atoms with van der Waals surface area (Å²) in [6, 6.07) is 12.4. The van der Waals surface area contributed by atoms with Gasteiger partial charge in [0.25, 0.3) is 0 Å². The standard InChI is InChI=1S/C23H32N2O2/c1-3-6-18-8-10-19(11-9-18)12-13-20-15-21(26)16-23(24-20)25(2)17-22-7-4-5-14-27-22/h8-11,15-16,22H,3-7,12-14,17H2,1-2H3,(H,24,26). The minimum atomic E-state index is 0.262. The fourth-order valence-corrected chi connectivity index (χ4v) is 3.66. The van der Waals surface area contributed by atoms with E-state index in [4.69, 9.17) is 9.72 Å². The number of rotatable bonds is 8. The molecule has 1 aliphatic heterocycles. The van der Waals surface area contributed by atoms with Gasteiger partial charge < -0.3 is 14.7 Å². The molecule has 3 rings (SSSR count). The van der Waals surface area contributed by atoms with Crippen LogP contribution in [0.1, 0.15) is 49.4 Å². The van der Waals surface area contributed by atoms with Crippen molar-refractivity contribution in [3.63, 3.8) is 0 Å². The van der Waals surface area contributed by atoms with E-state index < -0.39 is 0 Å². The minimum Gasteiger partial charge on any atom is -0.508 e. The Labute approximate surface area is 163 Å². The molecule has 0 spiro atoms. The maximum atomic E-state index is 10.1. The molecular weight excluding hydrogens is 336 g/mol. The summed E-state index contributed by atoms with van der Waals surface area (Å²) in [6.07, 6.45) is 7.81. The minimum absolute atomic E-state index is 0.262. The third-order valence-electron chi connectivity index (χ3n) is 5.22. The summed E-state index contributed by atoms with van der Waals surface area (Å²) in [7, 11) is 2.02. The summed E-state index contributed by atoms with van der Waals surface area (Å²) in [5.74, 6) is 1.10. The molecule has 0 aliphatic carbocycles. The average Bonchev–Trinajstić information content (AvgIpc) is 2.68. The first-order chi connectivity index (χ1) is 13.1. The largest absolute Gasteiger partial charge is 0.508 e. The number of aryl methyl sites for hydroxylation is 3. The van der Waals surface area contributed by atoms with Gasteiger partial charge in [0.1, 0.15) is 11.6 Å². The van der Waals surface area contributed by atoms with E-state index in [1.807, 2.05) is 7.05 Å². The molecule has 0 saturated carbocycles. The quantitative estimate of drug-likeness (QED) is 0.743. The van der Waals surface area contributed by atoms with Gasteiger partial charge in [-0.05, 0) is 49.7 Å². The molecule has 146 valence electrons. The number of ether oxygens (including phenoxy) is 1. The first kappa shape index (κ1) is 19.7. The third-order valence-corrected chi connectivity index (χ3v) is 5.22. The van der Waals surface area contributed by atoms with Crippen LogP contribution in [-0.4, -0.2) is 36.4 Å². The maximum Gasteiger partial charge on any atom is 0.132 e. The van der Waals surface area contributed by atoms with Crippen LogP contribution in [0.25, 0.3) is 0 Å². The summed E-state index contributed by atoms with van der Waals surface area (Å²) in [4.78, 5) is 6.87. The number of anilines is 1. The maximum absolute atomic E-state index is 10.1. The Kier molecular flexibility index (Phi) is 7.11. The lowest BCUT2D eigenvalue weighted by Gasteiger charge is -2.28. The molecule has 4 heteroatoms. The molecule has 2 aromatic rings. The molecule has 1 N–H and O–H groups in total. The molecule has 2 heterocycles. The molecule has 4 nitrogen and oxygen atoms in total. The summed E-state index contributed by atoms with van der Waals surface area (Å²) >= 11 is 0. The van der Waals surface area contributed by atoms with E-state index in [1.165, 1.54) is 24.0 Å². The molecule has 1 saturated heterocycles. The lowest BCUT2D eigenvalue weighted by atomic mass is 10.0. The van der Waals surface area contributed by atoms with Crippen molar-refractivity contribution in [1.29, 1.82) is 0 Å². The van der Waals surface area contributed by atoms with Crippen molar-refractivity contribution in [3.8, 4) is 5.75 Å². The highest BCUT2D eigenvalue weighted by Gasteiger charge is 2.17. The second-order valence-corrected chi connectivity index (χ2v) is 7.61. The van der Waals surface area contributed by atoms with Crippen molar-refractivity contribution >= 4 is 5.82 Å². The normalized spacial score (nSPS) is 17.0. The Morgan fingerprint density at radius 1 is 1.07 bits per heavy atom. The Balaban J connectivity index is 1.60. The average molecular weight is 369 g/mol. The zero-order chi connectivity index (χ0) is 19.1. The topological polar surface area (TPSA) is 45.6 Å². The number of aromatic hydroxyl groups is 1. The predicted octanol–water partition coefficient (Wildman–Crippen LogP) is 4.53. The first-order valence-corrected chi connectivity index (χ1v) is 10.2. The molecule has 0 bridgehead atoms. The van der Waals surface area contributed by atoms with E-state index >= 15 is 0 Å². The van der Waals surface area contributed by atoms with Crippen LogP contribution in [0.4, 0.5) is 5.82 Å². The van der Waals surface area contributed by atoms with Gasteiger partial charge in [0.15, 0.2) is 0 Å². The Morgan fingerprint density at radius 2 is 1.81 bits per heavy atom. The van der Waals surface area contributed by atoms with Crippen molar-refractivity contribution < 1.29 is 9.84 Å². The molecule has 1 fully saturated rings. The lowest BCUT2D eigenvalue weighted by molar-refractivity contribution is 0.0215. The van der Waals surface area contributed by atoms with Crippen molar-refractivity contribution in [1.82, 2.24) is 4.98 Å². The van der Waals surface area contributed by atoms with Gasteiger partial charge in [-0.15, -0.1) is 0 Å². The first-order valence-electron chi connectivity index (χ1n) is 10.2. The summed E-state index contributed by atoms with van der Waals surface area (Å²) in [5.41, 5.74) is 3.63. The molecule has 1 aromatic carbocycles. The number of likely N-dealkylation sites (N-methyl/N-ethyl adjacent to an activating group) is 1. The molecule has 1 atom stereocenters. The Bertz CT molecular complexity index is 709. The predicted molar refractivity (Wildman–Crippen MR) is 111 cm³/mol. The summed E-state index contributed by atoms with van der Waals surface area (Å²) < 4.78 is 5.83. The highest BCUT2D eigenvalue weighted by molar-refractivity contribution is 5.44. The van der Waals surface area contributed by atoms with Gasteiger partial charge >= 0.3 is 0 Å². The van der Waals surface area contributed by atoms with Gasteiger partial charge in [-0.2, -0.15) is 0 Å². The van der Waals surface area contributed by atoms with E-state index in [0.717, 1.165) is 56.8 Å². The number of benzene rings is 1. The molecule has 0 amide bonds. The van der Waals surface area contributed by atoms with Gasteiger partial charge in [0.05, 0.1) is 6.10 Å². The third kappa shape index (κ3) is 5.96. The zero-order valence-corrected chi connectivity index (χ0v) is 16.7. The van der Waals surface area contributed by atoms with Crippen LogP contribution in [0, 0.1) is 0 Å². The highest BCUT2D eigenvalue weighted by atomic mass is 16.5. The zero-order valence-electron chi connectivity index (χ0n) is 16.7. The molecule has 1 aliphatic rings. The van der Waals surface area contributed by atoms with Crippen LogP contribution in [0.3, 0.4) is 0 Å². The number of hydrogen-bond donors (Lipinski definition) is 1. The van der Waals surface area contributed by atoms with Crippen LogP contribution in [0.15, 0.2) is 36.4 Å². The smallest absolute Gasteiger partial charge is 0.132 e. The van der Waals surface area contributed by atoms with Gasteiger partial charge in [-0.25, -0.2) is 4.98 Å². The van der Waals surface area contributed by atoms with Gasteiger partial charge in [-0.3, -0.25) is 0 Å². The number of nitrogens with zero attached hydrogens (tertiary/aromatic N) is 2. The Hall–Kier alpha value is -2.07. The summed E-state index contributed by atoms with van der Waals surface area (Å²) in [6.45, 7) is 3.87. The second kappa shape index (κ2) is 9.75. The van der Waals surface area contributed by atoms with Crippen LogP contribution in [-0.2, 0) is 24.0 Å². The fourth-order valence-electron chi connectivity index (χ4n) is 3.66. The highest BCUT2D eigenvalue weighted by Crippen LogP contribution is 2.22.